The Hall–Kier alpha value is -5.93. The first-order chi connectivity index (χ1) is 24.9. The van der Waals surface area contributed by atoms with Gasteiger partial charge in [-0.1, -0.05) is 86.1 Å². The number of benzene rings is 5. The zero-order valence-corrected chi connectivity index (χ0v) is 28.9. The van der Waals surface area contributed by atoms with E-state index in [9.17, 15) is 19.2 Å². The van der Waals surface area contributed by atoms with Gasteiger partial charge in [-0.25, -0.2) is 4.90 Å². The number of thioether (sulfide) groups is 1. The highest BCUT2D eigenvalue weighted by Gasteiger charge is 2.40. The Morgan fingerprint density at radius 3 is 2.12 bits per heavy atom. The fourth-order valence-corrected chi connectivity index (χ4v) is 6.54. The lowest BCUT2D eigenvalue weighted by molar-refractivity contribution is -0.121. The topological polar surface area (TPSA) is 105 Å². The van der Waals surface area contributed by atoms with Crippen molar-refractivity contribution in [1.82, 2.24) is 5.32 Å². The number of amides is 4. The monoisotopic (exact) mass is 695 g/mol. The van der Waals surface area contributed by atoms with E-state index in [0.717, 1.165) is 34.4 Å². The molecule has 1 aliphatic rings. The molecule has 1 aliphatic heterocycles. The van der Waals surface area contributed by atoms with Gasteiger partial charge in [0.1, 0.15) is 11.4 Å². The van der Waals surface area contributed by atoms with E-state index in [1.165, 1.54) is 16.7 Å². The predicted octanol–water partition coefficient (Wildman–Crippen LogP) is 8.37. The van der Waals surface area contributed by atoms with Crippen LogP contribution in [-0.4, -0.2) is 35.5 Å². The molecule has 1 saturated heterocycles. The van der Waals surface area contributed by atoms with Crippen LogP contribution in [0.15, 0.2) is 144 Å². The molecule has 4 amide bonds. The molecule has 0 spiro atoms. The van der Waals surface area contributed by atoms with Crippen molar-refractivity contribution in [3.05, 3.63) is 150 Å². The Balaban J connectivity index is 1.12. The van der Waals surface area contributed by atoms with Crippen molar-refractivity contribution >= 4 is 52.8 Å². The summed E-state index contributed by atoms with van der Waals surface area (Å²) in [6.45, 7) is 2.71. The third-order valence-corrected chi connectivity index (χ3v) is 9.41. The first kappa shape index (κ1) is 34.9. The quantitative estimate of drug-likeness (QED) is 0.0729. The van der Waals surface area contributed by atoms with Crippen LogP contribution in [0.3, 0.4) is 0 Å². The molecule has 2 N–H and O–H groups in total. The minimum atomic E-state index is -0.575. The van der Waals surface area contributed by atoms with E-state index < -0.39 is 17.1 Å². The van der Waals surface area contributed by atoms with Gasteiger partial charge in [-0.15, -0.1) is 11.8 Å². The molecule has 0 aromatic heterocycles. The van der Waals surface area contributed by atoms with Gasteiger partial charge in [0.2, 0.25) is 11.8 Å². The van der Waals surface area contributed by atoms with Crippen molar-refractivity contribution in [3.8, 4) is 16.9 Å². The minimum absolute atomic E-state index is 0.0745. The number of imide groups is 1. The minimum Gasteiger partial charge on any atom is -0.494 e. The highest BCUT2D eigenvalue weighted by Crippen LogP contribution is 2.35. The van der Waals surface area contributed by atoms with Crippen molar-refractivity contribution in [3.63, 3.8) is 0 Å². The molecule has 8 nitrogen and oxygen atoms in total. The Morgan fingerprint density at radius 2 is 1.45 bits per heavy atom. The molecule has 51 heavy (non-hydrogen) atoms. The number of rotatable bonds is 13. The molecule has 256 valence electrons. The molecular formula is C42H37N3O5S. The van der Waals surface area contributed by atoms with Gasteiger partial charge in [-0.05, 0) is 89.9 Å². The summed E-state index contributed by atoms with van der Waals surface area (Å²) >= 11 is 1.30. The van der Waals surface area contributed by atoms with E-state index in [1.807, 2.05) is 60.7 Å². The maximum atomic E-state index is 13.6. The molecule has 0 saturated carbocycles. The summed E-state index contributed by atoms with van der Waals surface area (Å²) in [5.41, 5.74) is 4.35. The smallest absolute Gasteiger partial charge is 0.272 e. The normalized spacial score (nSPS) is 14.3. The second-order valence-electron chi connectivity index (χ2n) is 11.9. The van der Waals surface area contributed by atoms with Crippen LogP contribution in [0.5, 0.6) is 5.75 Å². The van der Waals surface area contributed by atoms with Gasteiger partial charge in [0.05, 0.1) is 17.5 Å². The van der Waals surface area contributed by atoms with Crippen LogP contribution < -0.4 is 20.3 Å². The van der Waals surface area contributed by atoms with Gasteiger partial charge in [-0.2, -0.15) is 0 Å². The molecule has 6 rings (SSSR count). The van der Waals surface area contributed by atoms with Crippen LogP contribution >= 0.6 is 11.8 Å². The number of hydrogen-bond acceptors (Lipinski definition) is 6. The van der Waals surface area contributed by atoms with Crippen LogP contribution in [0.2, 0.25) is 0 Å². The number of carbonyl (C=O) groups is 4. The maximum absolute atomic E-state index is 13.6. The third kappa shape index (κ3) is 9.00. The van der Waals surface area contributed by atoms with Crippen molar-refractivity contribution in [1.29, 1.82) is 0 Å². The molecule has 5 aromatic carbocycles. The summed E-state index contributed by atoms with van der Waals surface area (Å²) in [4.78, 5) is 54.8. The van der Waals surface area contributed by atoms with Gasteiger partial charge in [0.15, 0.2) is 0 Å². The zero-order chi connectivity index (χ0) is 35.6. The fraction of sp³-hybridized carbons (Fsp3) is 0.143. The molecule has 0 radical (unpaired) electrons. The molecule has 0 aliphatic carbocycles. The fourth-order valence-electron chi connectivity index (χ4n) is 5.48. The standard InChI is InChI=1S/C42H37N3O5S/c1-2-3-26-50-35-22-20-34(21-23-35)45-39(46)28-38(42(45)49)51-36-24-18-33(19-25-36)43-41(48)37(44-40(47)32-12-8-5-9-13-32)27-29-14-16-31(17-15-29)30-10-6-4-7-11-30/h4-25,27,38H,2-3,26,28H2,1H3,(H,43,48)(H,44,47)/b37-27-. The van der Waals surface area contributed by atoms with E-state index in [4.69, 9.17) is 4.74 Å². The second kappa shape index (κ2) is 16.7. The molecule has 1 heterocycles. The third-order valence-electron chi connectivity index (χ3n) is 8.21. The summed E-state index contributed by atoms with van der Waals surface area (Å²) in [6.07, 6.45) is 3.70. The summed E-state index contributed by atoms with van der Waals surface area (Å²) in [5.74, 6) is -0.745. The first-order valence-corrected chi connectivity index (χ1v) is 17.7. The maximum Gasteiger partial charge on any atom is 0.272 e. The zero-order valence-electron chi connectivity index (χ0n) is 28.1. The average Bonchev–Trinajstić information content (AvgIpc) is 3.44. The largest absolute Gasteiger partial charge is 0.494 e. The summed E-state index contributed by atoms with van der Waals surface area (Å²) in [5, 5.41) is 5.07. The van der Waals surface area contributed by atoms with E-state index in [0.29, 0.717) is 29.3 Å². The van der Waals surface area contributed by atoms with Gasteiger partial charge in [-0.3, -0.25) is 19.2 Å². The number of nitrogens with zero attached hydrogens (tertiary/aromatic N) is 1. The molecular weight excluding hydrogens is 659 g/mol. The lowest BCUT2D eigenvalue weighted by atomic mass is 10.0. The summed E-state index contributed by atoms with van der Waals surface area (Å²) < 4.78 is 5.70. The molecule has 1 atom stereocenters. The van der Waals surface area contributed by atoms with Gasteiger partial charge in [0, 0.05) is 22.6 Å². The van der Waals surface area contributed by atoms with E-state index >= 15 is 0 Å². The highest BCUT2D eigenvalue weighted by atomic mass is 32.2. The number of nitrogens with one attached hydrogen (secondary N) is 2. The summed E-state index contributed by atoms with van der Waals surface area (Å²) in [7, 11) is 0. The number of hydrogen-bond donors (Lipinski definition) is 2. The number of ether oxygens (including phenoxy) is 1. The van der Waals surface area contributed by atoms with Crippen LogP contribution in [0.1, 0.15) is 42.1 Å². The highest BCUT2D eigenvalue weighted by molar-refractivity contribution is 8.00. The molecule has 5 aromatic rings. The van der Waals surface area contributed by atoms with Crippen LogP contribution in [0.4, 0.5) is 11.4 Å². The van der Waals surface area contributed by atoms with Crippen molar-refractivity contribution in [2.24, 2.45) is 0 Å². The Bertz CT molecular complexity index is 2010. The lowest BCUT2D eigenvalue weighted by Gasteiger charge is -2.16. The molecule has 0 bridgehead atoms. The molecule has 1 unspecified atom stereocenters. The Labute approximate surface area is 301 Å². The van der Waals surface area contributed by atoms with Crippen molar-refractivity contribution < 1.29 is 23.9 Å². The van der Waals surface area contributed by atoms with Gasteiger partial charge >= 0.3 is 0 Å². The van der Waals surface area contributed by atoms with E-state index in [1.54, 1.807) is 78.9 Å². The van der Waals surface area contributed by atoms with Crippen LogP contribution in [-0.2, 0) is 14.4 Å². The predicted molar refractivity (Wildman–Crippen MR) is 202 cm³/mol. The van der Waals surface area contributed by atoms with E-state index in [-0.39, 0.29) is 23.9 Å². The van der Waals surface area contributed by atoms with Crippen molar-refractivity contribution in [2.45, 2.75) is 36.3 Å². The molecule has 9 heteroatoms. The Morgan fingerprint density at radius 1 is 0.804 bits per heavy atom. The van der Waals surface area contributed by atoms with Crippen molar-refractivity contribution in [2.75, 3.05) is 16.8 Å². The second-order valence-corrected chi connectivity index (χ2v) is 13.2. The van der Waals surface area contributed by atoms with Gasteiger partial charge in [0.25, 0.3) is 11.8 Å². The lowest BCUT2D eigenvalue weighted by Crippen LogP contribution is -2.31. The van der Waals surface area contributed by atoms with Crippen LogP contribution in [0.25, 0.3) is 17.2 Å². The number of anilines is 2. The van der Waals surface area contributed by atoms with E-state index in [2.05, 4.69) is 17.6 Å². The van der Waals surface area contributed by atoms with Gasteiger partial charge < -0.3 is 15.4 Å². The SMILES string of the molecule is CCCCOc1ccc(N2C(=O)CC(Sc3ccc(NC(=O)/C(=C/c4ccc(-c5ccccc5)cc4)NC(=O)c4ccccc4)cc3)C2=O)cc1. The number of unbranched alkanes of at least 4 members (excludes halogenated alkanes) is 1. The summed E-state index contributed by atoms with van der Waals surface area (Å²) in [6, 6.07) is 40.4. The average molecular weight is 696 g/mol. The number of carbonyl (C=O) groups excluding carboxylic acids is 4. The molecule has 1 fully saturated rings. The Kier molecular flexibility index (Phi) is 11.4. The first-order valence-electron chi connectivity index (χ1n) is 16.8. The van der Waals surface area contributed by atoms with Crippen LogP contribution in [0, 0.1) is 0 Å².